The number of rotatable bonds is 21. The molecule has 0 aromatic rings. The molecular weight excluding hydrogens is 395 g/mol. The van der Waals surface area contributed by atoms with Crippen molar-refractivity contribution in [2.24, 2.45) is 0 Å². The molecule has 0 aliphatic heterocycles. The molecule has 2 unspecified atom stereocenters. The first-order valence-electron chi connectivity index (χ1n) is 12.0. The van der Waals surface area contributed by atoms with Crippen molar-refractivity contribution in [3.8, 4) is 0 Å². The Morgan fingerprint density at radius 3 is 1.34 bits per heavy atom. The molecule has 6 heteroatoms. The molecule has 0 fully saturated rings. The van der Waals surface area contributed by atoms with Gasteiger partial charge in [-0.15, -0.1) is 0 Å². The summed E-state index contributed by atoms with van der Waals surface area (Å²) in [5.74, 6) is 0. The smallest absolute Gasteiger partial charge is 0.748 e. The maximum Gasteiger partial charge on any atom is 1.00 e. The van der Waals surface area contributed by atoms with Crippen molar-refractivity contribution in [3.05, 3.63) is 0 Å². The van der Waals surface area contributed by atoms with Crippen molar-refractivity contribution in [3.63, 3.8) is 0 Å². The minimum absolute atomic E-state index is 0. The molecule has 0 aliphatic carbocycles. The van der Waals surface area contributed by atoms with Crippen molar-refractivity contribution < 1.29 is 47.6 Å². The Bertz CT molecular complexity index is 429. The molecule has 0 rings (SSSR count). The van der Waals surface area contributed by atoms with Crippen molar-refractivity contribution in [1.82, 2.24) is 0 Å². The zero-order valence-electron chi connectivity index (χ0n) is 19.7. The molecule has 2 atom stereocenters. The number of aliphatic hydroxyl groups is 1. The summed E-state index contributed by atoms with van der Waals surface area (Å²) in [5.41, 5.74) is 0. The van der Waals surface area contributed by atoms with E-state index in [0.29, 0.717) is 6.42 Å². The Hall–Kier alpha value is 0.870. The summed E-state index contributed by atoms with van der Waals surface area (Å²) in [6.07, 6.45) is 21.8. The molecule has 0 bridgehead atoms. The summed E-state index contributed by atoms with van der Waals surface area (Å²) in [6, 6.07) is 0. The summed E-state index contributed by atoms with van der Waals surface area (Å²) >= 11 is 0. The summed E-state index contributed by atoms with van der Waals surface area (Å²) in [7, 11) is -4.14. The second-order valence-corrected chi connectivity index (χ2v) is 10.4. The fourth-order valence-corrected chi connectivity index (χ4v) is 4.13. The van der Waals surface area contributed by atoms with Gasteiger partial charge in [0.1, 0.15) is 0 Å². The van der Waals surface area contributed by atoms with Gasteiger partial charge in [0.2, 0.25) is 0 Å². The predicted molar refractivity (Wildman–Crippen MR) is 119 cm³/mol. The van der Waals surface area contributed by atoms with Gasteiger partial charge in [0, 0.05) is 5.25 Å². The number of hydrogen-bond donors (Lipinski definition) is 1. The van der Waals surface area contributed by atoms with Crippen LogP contribution >= 0.6 is 0 Å². The maximum atomic E-state index is 10.8. The zero-order chi connectivity index (χ0) is 21.1. The Morgan fingerprint density at radius 2 is 0.966 bits per heavy atom. The molecule has 0 radical (unpaired) electrons. The molecule has 0 aromatic carbocycles. The minimum Gasteiger partial charge on any atom is -0.748 e. The Balaban J connectivity index is 0. The number of unbranched alkanes of at least 4 members (excludes halogenated alkanes) is 14. The maximum absolute atomic E-state index is 10.8. The van der Waals surface area contributed by atoms with E-state index >= 15 is 0 Å². The van der Waals surface area contributed by atoms with Gasteiger partial charge in [0.25, 0.3) is 0 Å². The Morgan fingerprint density at radius 1 is 0.655 bits per heavy atom. The quantitative estimate of drug-likeness (QED) is 0.167. The molecule has 29 heavy (non-hydrogen) atoms. The summed E-state index contributed by atoms with van der Waals surface area (Å²) in [6.45, 7) is 3.74. The third-order valence-electron chi connectivity index (χ3n) is 5.78. The normalized spacial score (nSPS) is 13.8. The number of aliphatic hydroxyl groups excluding tert-OH is 1. The molecule has 0 heterocycles. The first kappa shape index (κ1) is 32.1. The van der Waals surface area contributed by atoms with Crippen LogP contribution in [0, 0.1) is 0 Å². The van der Waals surface area contributed by atoms with E-state index in [0.717, 1.165) is 38.5 Å². The third-order valence-corrected chi connectivity index (χ3v) is 7.00. The second kappa shape index (κ2) is 22.1. The van der Waals surface area contributed by atoms with Crippen LogP contribution in [-0.2, 0) is 10.1 Å². The largest absolute Gasteiger partial charge is 1.00 e. The second-order valence-electron chi connectivity index (χ2n) is 8.63. The predicted octanol–water partition coefficient (Wildman–Crippen LogP) is 3.72. The average Bonchev–Trinajstić information content (AvgIpc) is 2.64. The van der Waals surface area contributed by atoms with E-state index in [4.69, 9.17) is 0 Å². The summed E-state index contributed by atoms with van der Waals surface area (Å²) in [5, 5.41) is 9.23. The van der Waals surface area contributed by atoms with Crippen LogP contribution in [0.3, 0.4) is 0 Å². The van der Waals surface area contributed by atoms with E-state index < -0.39 is 15.4 Å². The van der Waals surface area contributed by atoms with E-state index in [2.05, 4.69) is 6.92 Å². The van der Waals surface area contributed by atoms with Crippen LogP contribution in [0.5, 0.6) is 0 Å². The van der Waals surface area contributed by atoms with E-state index in [1.54, 1.807) is 0 Å². The van der Waals surface area contributed by atoms with Crippen LogP contribution in [0.15, 0.2) is 0 Å². The molecule has 0 amide bonds. The van der Waals surface area contributed by atoms with Crippen LogP contribution in [0.2, 0.25) is 0 Å². The zero-order valence-corrected chi connectivity index (χ0v) is 22.5. The van der Waals surface area contributed by atoms with Gasteiger partial charge in [-0.2, -0.15) is 0 Å². The van der Waals surface area contributed by atoms with Crippen LogP contribution in [0.4, 0.5) is 0 Å². The topological polar surface area (TPSA) is 77.4 Å². The molecule has 1 N–H and O–H groups in total. The molecular formula is C23H47NaO4S. The van der Waals surface area contributed by atoms with Gasteiger partial charge in [-0.3, -0.25) is 0 Å². The first-order chi connectivity index (χ1) is 13.4. The van der Waals surface area contributed by atoms with Crippen molar-refractivity contribution in [2.45, 2.75) is 147 Å². The molecule has 4 nitrogen and oxygen atoms in total. The van der Waals surface area contributed by atoms with Crippen molar-refractivity contribution >= 4 is 10.1 Å². The van der Waals surface area contributed by atoms with Gasteiger partial charge in [-0.05, 0) is 26.2 Å². The van der Waals surface area contributed by atoms with E-state index in [-0.39, 0.29) is 35.7 Å². The molecule has 0 saturated carbocycles. The Labute approximate surface area is 204 Å². The standard InChI is InChI=1S/C23H48O4S.Na/c1-3-4-5-6-7-8-9-10-11-12-13-14-17-20-23(24)21-18-15-16-19-22(2)28(25,26)27;/h22-24H,3-21H2,1-2H3,(H,25,26,27);/q;+1/p-1. The van der Waals surface area contributed by atoms with Gasteiger partial charge < -0.3 is 9.66 Å². The minimum atomic E-state index is -4.14. The van der Waals surface area contributed by atoms with E-state index in [1.165, 1.54) is 84.0 Å². The summed E-state index contributed by atoms with van der Waals surface area (Å²) in [4.78, 5) is 0. The van der Waals surface area contributed by atoms with Gasteiger partial charge >= 0.3 is 29.6 Å². The monoisotopic (exact) mass is 442 g/mol. The third kappa shape index (κ3) is 23.4. The average molecular weight is 443 g/mol. The van der Waals surface area contributed by atoms with Crippen LogP contribution < -0.4 is 29.6 Å². The van der Waals surface area contributed by atoms with Gasteiger partial charge in [0.15, 0.2) is 0 Å². The Kier molecular flexibility index (Phi) is 24.4. The van der Waals surface area contributed by atoms with Crippen LogP contribution in [0.1, 0.15) is 136 Å². The van der Waals surface area contributed by atoms with Gasteiger partial charge in [0.05, 0.1) is 16.2 Å². The summed E-state index contributed by atoms with van der Waals surface area (Å²) < 4.78 is 32.4. The number of hydrogen-bond acceptors (Lipinski definition) is 4. The fraction of sp³-hybridized carbons (Fsp3) is 1.00. The van der Waals surface area contributed by atoms with E-state index in [9.17, 15) is 18.1 Å². The van der Waals surface area contributed by atoms with Crippen molar-refractivity contribution in [2.75, 3.05) is 0 Å². The first-order valence-corrected chi connectivity index (χ1v) is 13.5. The molecule has 0 saturated heterocycles. The van der Waals surface area contributed by atoms with Crippen LogP contribution in [-0.4, -0.2) is 29.4 Å². The fourth-order valence-electron chi connectivity index (χ4n) is 3.67. The van der Waals surface area contributed by atoms with Crippen molar-refractivity contribution in [1.29, 1.82) is 0 Å². The molecule has 0 aliphatic rings. The SMILES string of the molecule is CCCCCCCCCCCCCCCC(O)CCCCCC(C)S(=O)(=O)[O-].[Na+]. The molecule has 0 aromatic heterocycles. The molecule has 0 spiro atoms. The van der Waals surface area contributed by atoms with E-state index in [1.807, 2.05) is 0 Å². The van der Waals surface area contributed by atoms with Gasteiger partial charge in [-0.25, -0.2) is 8.42 Å². The molecule has 170 valence electrons. The van der Waals surface area contributed by atoms with Gasteiger partial charge in [-0.1, -0.05) is 110 Å². The van der Waals surface area contributed by atoms with Crippen LogP contribution in [0.25, 0.3) is 0 Å².